The highest BCUT2D eigenvalue weighted by Gasteiger charge is 2.42. The van der Waals surface area contributed by atoms with Crippen molar-refractivity contribution in [2.75, 3.05) is 0 Å². The van der Waals surface area contributed by atoms with E-state index in [1.807, 2.05) is 30.3 Å². The van der Waals surface area contributed by atoms with Gasteiger partial charge >= 0.3 is 5.37 Å². The van der Waals surface area contributed by atoms with E-state index < -0.39 is 5.37 Å². The Hall–Kier alpha value is -2.91. The van der Waals surface area contributed by atoms with E-state index in [0.717, 1.165) is 27.8 Å². The molecular weight excluding hydrogens is 392 g/mol. The molecule has 0 N–H and O–H groups in total. The predicted octanol–water partition coefficient (Wildman–Crippen LogP) is 6.82. The first kappa shape index (κ1) is 20.4. The molecule has 3 aromatic rings. The highest BCUT2D eigenvalue weighted by Crippen LogP contribution is 2.44. The molecule has 4 heteroatoms. The number of aryl methyl sites for hydroxylation is 4. The van der Waals surface area contributed by atoms with Gasteiger partial charge in [-0.2, -0.15) is 0 Å². The standard InChI is InChI=1S/C26H25ClN2O/c1-16-10-12-20(13-11-16)23-24(21-8-6-5-7-9-21)29(26(27)30)25(28-23)22-15-18(3)17(2)14-19(22)4/h5-15,23-24H,1-4H3/t23-,24+/m0/s1. The SMILES string of the molecule is Cc1ccc([C@@H]2N=C(c3cc(C)c(C)cc3C)N(C(=O)Cl)[C@@H]2c2ccccc2)cc1. The summed E-state index contributed by atoms with van der Waals surface area (Å²) in [5.41, 5.74) is 7.67. The quantitative estimate of drug-likeness (QED) is 0.340. The van der Waals surface area contributed by atoms with Crippen LogP contribution in [0.2, 0.25) is 0 Å². The summed E-state index contributed by atoms with van der Waals surface area (Å²) in [5.74, 6) is 0.634. The molecule has 4 rings (SSSR count). The Morgan fingerprint density at radius 1 is 0.833 bits per heavy atom. The number of benzene rings is 3. The minimum absolute atomic E-state index is 0.230. The summed E-state index contributed by atoms with van der Waals surface area (Å²) in [7, 11) is 0. The zero-order valence-corrected chi connectivity index (χ0v) is 18.4. The molecule has 152 valence electrons. The summed E-state index contributed by atoms with van der Waals surface area (Å²) in [6.45, 7) is 8.29. The maximum absolute atomic E-state index is 12.7. The van der Waals surface area contributed by atoms with Gasteiger partial charge in [0.25, 0.3) is 0 Å². The fourth-order valence-electron chi connectivity index (χ4n) is 4.13. The second-order valence-corrected chi connectivity index (χ2v) is 8.36. The molecule has 1 aliphatic heterocycles. The van der Waals surface area contributed by atoms with Gasteiger partial charge in [-0.05, 0) is 73.2 Å². The number of hydrogen-bond acceptors (Lipinski definition) is 2. The van der Waals surface area contributed by atoms with Crippen LogP contribution in [-0.2, 0) is 0 Å². The summed E-state index contributed by atoms with van der Waals surface area (Å²) in [6.07, 6.45) is 0. The number of carbonyl (C=O) groups excluding carboxylic acids is 1. The fourth-order valence-corrected chi connectivity index (χ4v) is 4.32. The average molecular weight is 417 g/mol. The molecule has 1 aliphatic rings. The summed E-state index contributed by atoms with van der Waals surface area (Å²) in [4.78, 5) is 19.5. The van der Waals surface area contributed by atoms with E-state index in [1.165, 1.54) is 11.1 Å². The van der Waals surface area contributed by atoms with Crippen LogP contribution in [0.1, 0.15) is 51.0 Å². The Bertz CT molecular complexity index is 1120. The van der Waals surface area contributed by atoms with Crippen molar-refractivity contribution in [2.45, 2.75) is 39.8 Å². The summed E-state index contributed by atoms with van der Waals surface area (Å²) >= 11 is 6.18. The average Bonchev–Trinajstić information content (AvgIpc) is 3.12. The van der Waals surface area contributed by atoms with Crippen molar-refractivity contribution >= 4 is 22.8 Å². The molecule has 0 radical (unpaired) electrons. The van der Waals surface area contributed by atoms with Crippen LogP contribution in [-0.4, -0.2) is 16.1 Å². The Morgan fingerprint density at radius 3 is 2.10 bits per heavy atom. The maximum atomic E-state index is 12.7. The van der Waals surface area contributed by atoms with Gasteiger partial charge in [0.1, 0.15) is 11.9 Å². The van der Waals surface area contributed by atoms with Gasteiger partial charge < -0.3 is 0 Å². The normalized spacial score (nSPS) is 18.4. The maximum Gasteiger partial charge on any atom is 0.322 e. The number of carbonyl (C=O) groups is 1. The van der Waals surface area contributed by atoms with Crippen molar-refractivity contribution in [2.24, 2.45) is 4.99 Å². The number of aliphatic imine (C=N–C) groups is 1. The van der Waals surface area contributed by atoms with Crippen LogP contribution < -0.4 is 0 Å². The Kier molecular flexibility index (Phi) is 5.48. The largest absolute Gasteiger partial charge is 0.322 e. The van der Waals surface area contributed by atoms with Crippen LogP contribution in [0.4, 0.5) is 4.79 Å². The molecule has 3 nitrogen and oxygen atoms in total. The zero-order valence-electron chi connectivity index (χ0n) is 17.7. The minimum atomic E-state index is -0.519. The number of amidine groups is 1. The van der Waals surface area contributed by atoms with Crippen molar-refractivity contribution in [3.05, 3.63) is 106 Å². The number of halogens is 1. The first-order chi connectivity index (χ1) is 14.4. The van der Waals surface area contributed by atoms with Gasteiger partial charge in [0.2, 0.25) is 0 Å². The van der Waals surface area contributed by atoms with Crippen molar-refractivity contribution in [3.63, 3.8) is 0 Å². The second kappa shape index (κ2) is 8.08. The zero-order chi connectivity index (χ0) is 21.4. The number of amides is 1. The third kappa shape index (κ3) is 3.66. The van der Waals surface area contributed by atoms with Crippen molar-refractivity contribution in [3.8, 4) is 0 Å². The molecule has 1 heterocycles. The Morgan fingerprint density at radius 2 is 1.47 bits per heavy atom. The minimum Gasteiger partial charge on any atom is -0.273 e. The van der Waals surface area contributed by atoms with E-state index in [1.54, 1.807) is 4.90 Å². The lowest BCUT2D eigenvalue weighted by Crippen LogP contribution is -2.34. The third-order valence-electron chi connectivity index (χ3n) is 5.90. The molecule has 0 aliphatic carbocycles. The van der Waals surface area contributed by atoms with Crippen molar-refractivity contribution in [1.82, 2.24) is 4.90 Å². The van der Waals surface area contributed by atoms with Crippen LogP contribution in [0.3, 0.4) is 0 Å². The molecular formula is C26H25ClN2O. The lowest BCUT2D eigenvalue weighted by Gasteiger charge is -2.28. The fraction of sp³-hybridized carbons (Fsp3) is 0.231. The van der Waals surface area contributed by atoms with Crippen molar-refractivity contribution < 1.29 is 4.79 Å². The monoisotopic (exact) mass is 416 g/mol. The highest BCUT2D eigenvalue weighted by atomic mass is 35.5. The van der Waals surface area contributed by atoms with Gasteiger partial charge in [-0.25, -0.2) is 0 Å². The van der Waals surface area contributed by atoms with E-state index in [0.29, 0.717) is 5.84 Å². The van der Waals surface area contributed by atoms with Crippen LogP contribution in [0.25, 0.3) is 0 Å². The lowest BCUT2D eigenvalue weighted by atomic mass is 9.93. The van der Waals surface area contributed by atoms with Crippen LogP contribution in [0, 0.1) is 27.7 Å². The first-order valence-corrected chi connectivity index (χ1v) is 10.5. The van der Waals surface area contributed by atoms with Gasteiger partial charge in [0, 0.05) is 5.56 Å². The van der Waals surface area contributed by atoms with E-state index in [2.05, 4.69) is 64.1 Å². The van der Waals surface area contributed by atoms with Gasteiger partial charge in [-0.3, -0.25) is 14.7 Å². The number of hydrogen-bond donors (Lipinski definition) is 0. The predicted molar refractivity (Wildman–Crippen MR) is 123 cm³/mol. The number of rotatable bonds is 3. The van der Waals surface area contributed by atoms with Crippen molar-refractivity contribution in [1.29, 1.82) is 0 Å². The van der Waals surface area contributed by atoms with E-state index in [-0.39, 0.29) is 12.1 Å². The topological polar surface area (TPSA) is 32.7 Å². The van der Waals surface area contributed by atoms with Crippen LogP contribution >= 0.6 is 11.6 Å². The van der Waals surface area contributed by atoms with Gasteiger partial charge in [-0.1, -0.05) is 66.2 Å². The molecule has 0 spiro atoms. The third-order valence-corrected chi connectivity index (χ3v) is 6.08. The Labute approximate surface area is 183 Å². The molecule has 0 fully saturated rings. The smallest absolute Gasteiger partial charge is 0.273 e. The molecule has 2 atom stereocenters. The highest BCUT2D eigenvalue weighted by molar-refractivity contribution is 6.64. The second-order valence-electron chi connectivity index (χ2n) is 8.04. The molecule has 0 saturated heterocycles. The molecule has 0 unspecified atom stereocenters. The molecule has 0 bridgehead atoms. The Balaban J connectivity index is 1.92. The molecule has 0 saturated carbocycles. The van der Waals surface area contributed by atoms with Crippen LogP contribution in [0.5, 0.6) is 0 Å². The summed E-state index contributed by atoms with van der Waals surface area (Å²) in [5, 5.41) is -0.519. The molecule has 0 aromatic heterocycles. The first-order valence-electron chi connectivity index (χ1n) is 10.1. The van der Waals surface area contributed by atoms with Gasteiger partial charge in [0.15, 0.2) is 0 Å². The summed E-state index contributed by atoms with van der Waals surface area (Å²) in [6, 6.07) is 22.1. The van der Waals surface area contributed by atoms with E-state index in [4.69, 9.17) is 16.6 Å². The number of nitrogens with zero attached hydrogens (tertiary/aromatic N) is 2. The molecule has 1 amide bonds. The van der Waals surface area contributed by atoms with Gasteiger partial charge in [0.05, 0.1) is 6.04 Å². The summed E-state index contributed by atoms with van der Waals surface area (Å²) < 4.78 is 0. The molecule has 3 aromatic carbocycles. The van der Waals surface area contributed by atoms with Gasteiger partial charge in [-0.15, -0.1) is 0 Å². The van der Waals surface area contributed by atoms with Crippen LogP contribution in [0.15, 0.2) is 71.7 Å². The van der Waals surface area contributed by atoms with E-state index in [9.17, 15) is 4.79 Å². The molecule has 30 heavy (non-hydrogen) atoms. The lowest BCUT2D eigenvalue weighted by molar-refractivity contribution is 0.231. The van der Waals surface area contributed by atoms with E-state index >= 15 is 0 Å².